The molecular formula is C22H21ClFNO2. The Hall–Kier alpha value is -2.33. The van der Waals surface area contributed by atoms with Gasteiger partial charge in [-0.15, -0.1) is 6.58 Å². The van der Waals surface area contributed by atoms with E-state index >= 15 is 0 Å². The highest BCUT2D eigenvalue weighted by atomic mass is 35.5. The summed E-state index contributed by atoms with van der Waals surface area (Å²) in [6, 6.07) is 4.76. The number of ketones is 2. The third kappa shape index (κ3) is 3.72. The number of carbonyl (C=O) groups excluding carboxylic acids is 2. The van der Waals surface area contributed by atoms with E-state index in [9.17, 15) is 14.0 Å². The van der Waals surface area contributed by atoms with E-state index in [1.54, 1.807) is 12.1 Å². The lowest BCUT2D eigenvalue weighted by Gasteiger charge is -2.17. The Kier molecular flexibility index (Phi) is 5.29. The van der Waals surface area contributed by atoms with Crippen LogP contribution < -0.4 is 0 Å². The van der Waals surface area contributed by atoms with Crippen LogP contribution in [0.4, 0.5) is 4.39 Å². The van der Waals surface area contributed by atoms with Crippen molar-refractivity contribution < 1.29 is 14.0 Å². The number of benzene rings is 1. The molecule has 1 aliphatic rings. The monoisotopic (exact) mass is 385 g/mol. The topological polar surface area (TPSA) is 47.0 Å². The fraction of sp³-hybridized carbons (Fsp3) is 0.318. The van der Waals surface area contributed by atoms with E-state index in [1.807, 2.05) is 20.8 Å². The SMILES string of the molecule is C=C(C)CC1CC(=O)C(c2c(C)cc(-c3ncc(Cl)cc3F)cc2C)C1=O. The number of carbonyl (C=O) groups is 2. The molecule has 1 aromatic heterocycles. The van der Waals surface area contributed by atoms with Gasteiger partial charge in [-0.1, -0.05) is 17.2 Å². The van der Waals surface area contributed by atoms with Crippen LogP contribution in [0, 0.1) is 25.6 Å². The molecule has 1 aromatic carbocycles. The van der Waals surface area contributed by atoms with E-state index in [4.69, 9.17) is 11.6 Å². The third-order valence-corrected chi connectivity index (χ3v) is 5.22. The number of hydrogen-bond acceptors (Lipinski definition) is 3. The molecule has 3 rings (SSSR count). The van der Waals surface area contributed by atoms with Crippen molar-refractivity contribution in [2.75, 3.05) is 0 Å². The van der Waals surface area contributed by atoms with E-state index < -0.39 is 11.7 Å². The molecule has 5 heteroatoms. The second kappa shape index (κ2) is 7.35. The van der Waals surface area contributed by atoms with Gasteiger partial charge in [-0.25, -0.2) is 4.39 Å². The quantitative estimate of drug-likeness (QED) is 0.525. The highest BCUT2D eigenvalue weighted by molar-refractivity contribution is 6.30. The van der Waals surface area contributed by atoms with Gasteiger partial charge in [0.1, 0.15) is 17.4 Å². The average molecular weight is 386 g/mol. The van der Waals surface area contributed by atoms with E-state index in [0.29, 0.717) is 12.0 Å². The summed E-state index contributed by atoms with van der Waals surface area (Å²) in [7, 11) is 0. The van der Waals surface area contributed by atoms with Crippen molar-refractivity contribution in [2.45, 2.75) is 39.5 Å². The minimum absolute atomic E-state index is 0.0438. The van der Waals surface area contributed by atoms with Gasteiger partial charge in [0, 0.05) is 24.1 Å². The first kappa shape index (κ1) is 19.4. The van der Waals surface area contributed by atoms with Gasteiger partial charge >= 0.3 is 0 Å². The minimum Gasteiger partial charge on any atom is -0.298 e. The van der Waals surface area contributed by atoms with E-state index in [0.717, 1.165) is 22.3 Å². The zero-order valence-electron chi connectivity index (χ0n) is 15.6. The number of halogens is 2. The van der Waals surface area contributed by atoms with Gasteiger partial charge in [0.05, 0.1) is 5.02 Å². The van der Waals surface area contributed by atoms with Gasteiger partial charge in [-0.2, -0.15) is 0 Å². The van der Waals surface area contributed by atoms with Crippen molar-refractivity contribution in [2.24, 2.45) is 5.92 Å². The molecule has 1 aliphatic carbocycles. The maximum atomic E-state index is 14.2. The number of aromatic nitrogens is 1. The summed E-state index contributed by atoms with van der Waals surface area (Å²) < 4.78 is 14.2. The molecule has 0 saturated heterocycles. The number of pyridine rings is 1. The number of hydrogen-bond donors (Lipinski definition) is 0. The van der Waals surface area contributed by atoms with Crippen molar-refractivity contribution in [1.82, 2.24) is 4.98 Å². The molecule has 27 heavy (non-hydrogen) atoms. The summed E-state index contributed by atoms with van der Waals surface area (Å²) in [6.45, 7) is 9.40. The van der Waals surface area contributed by atoms with E-state index in [2.05, 4.69) is 11.6 Å². The molecule has 0 aliphatic heterocycles. The van der Waals surface area contributed by atoms with Gasteiger partial charge in [-0.3, -0.25) is 14.6 Å². The van der Waals surface area contributed by atoms with Gasteiger partial charge in [0.15, 0.2) is 11.6 Å². The predicted octanol–water partition coefficient (Wildman–Crippen LogP) is 5.37. The summed E-state index contributed by atoms with van der Waals surface area (Å²) in [6.07, 6.45) is 2.19. The van der Waals surface area contributed by atoms with Crippen LogP contribution in [0.2, 0.25) is 5.02 Å². The van der Waals surface area contributed by atoms with Gasteiger partial charge in [0.25, 0.3) is 0 Å². The molecule has 0 bridgehead atoms. The van der Waals surface area contributed by atoms with Gasteiger partial charge in [0.2, 0.25) is 0 Å². The molecule has 2 unspecified atom stereocenters. The zero-order chi connectivity index (χ0) is 19.9. The van der Waals surface area contributed by atoms with Crippen LogP contribution in [-0.2, 0) is 9.59 Å². The third-order valence-electron chi connectivity index (χ3n) is 5.01. The first-order valence-corrected chi connectivity index (χ1v) is 9.20. The van der Waals surface area contributed by atoms with Crippen LogP contribution in [0.1, 0.15) is 42.4 Å². The minimum atomic E-state index is -0.744. The summed E-state index contributed by atoms with van der Waals surface area (Å²) in [4.78, 5) is 29.5. The Morgan fingerprint density at radius 1 is 1.26 bits per heavy atom. The highest BCUT2D eigenvalue weighted by Crippen LogP contribution is 2.39. The fourth-order valence-corrected chi connectivity index (χ4v) is 4.09. The fourth-order valence-electron chi connectivity index (χ4n) is 3.95. The molecule has 3 nitrogen and oxygen atoms in total. The first-order chi connectivity index (χ1) is 12.7. The van der Waals surface area contributed by atoms with E-state index in [-0.39, 0.29) is 34.6 Å². The Morgan fingerprint density at radius 2 is 1.89 bits per heavy atom. The van der Waals surface area contributed by atoms with Crippen molar-refractivity contribution >= 4 is 23.2 Å². The van der Waals surface area contributed by atoms with E-state index in [1.165, 1.54) is 12.3 Å². The highest BCUT2D eigenvalue weighted by Gasteiger charge is 2.42. The molecule has 1 heterocycles. The van der Waals surface area contributed by atoms with Crippen LogP contribution in [-0.4, -0.2) is 16.6 Å². The average Bonchev–Trinajstić information content (AvgIpc) is 2.81. The summed E-state index contributed by atoms with van der Waals surface area (Å²) >= 11 is 5.78. The first-order valence-electron chi connectivity index (χ1n) is 8.82. The number of rotatable bonds is 4. The number of Topliss-reactive ketones (excluding diaryl/α,β-unsaturated/α-hetero) is 2. The molecular weight excluding hydrogens is 365 g/mol. The lowest BCUT2D eigenvalue weighted by atomic mass is 9.85. The maximum Gasteiger partial charge on any atom is 0.151 e. The van der Waals surface area contributed by atoms with Crippen LogP contribution >= 0.6 is 11.6 Å². The predicted molar refractivity (Wildman–Crippen MR) is 104 cm³/mol. The standard InChI is InChI=1S/C22H21ClFNO2/c1-11(2)5-15-8-18(26)20(22(15)27)19-12(3)6-14(7-13(19)4)21-17(24)9-16(23)10-25-21/h6-7,9-10,15,20H,1,5,8H2,2-4H3. The van der Waals surface area contributed by atoms with Crippen LogP contribution in [0.15, 0.2) is 36.5 Å². The Morgan fingerprint density at radius 3 is 2.44 bits per heavy atom. The van der Waals surface area contributed by atoms with Gasteiger partial charge in [-0.05, 0) is 62.1 Å². The molecule has 2 aromatic rings. The van der Waals surface area contributed by atoms with Gasteiger partial charge < -0.3 is 0 Å². The van der Waals surface area contributed by atoms with Crippen LogP contribution in [0.5, 0.6) is 0 Å². The molecule has 140 valence electrons. The molecule has 0 amide bonds. The van der Waals surface area contributed by atoms with Crippen molar-refractivity contribution in [3.63, 3.8) is 0 Å². The van der Waals surface area contributed by atoms with Crippen LogP contribution in [0.25, 0.3) is 11.3 Å². The van der Waals surface area contributed by atoms with Crippen molar-refractivity contribution in [3.8, 4) is 11.3 Å². The molecule has 0 spiro atoms. The lowest BCUT2D eigenvalue weighted by Crippen LogP contribution is -2.18. The summed E-state index contributed by atoms with van der Waals surface area (Å²) in [5.74, 6) is -1.65. The smallest absolute Gasteiger partial charge is 0.151 e. The second-order valence-corrected chi connectivity index (χ2v) is 7.81. The Labute approximate surface area is 163 Å². The summed E-state index contributed by atoms with van der Waals surface area (Å²) in [5.41, 5.74) is 3.98. The lowest BCUT2D eigenvalue weighted by molar-refractivity contribution is -0.124. The van der Waals surface area contributed by atoms with Crippen molar-refractivity contribution in [1.29, 1.82) is 0 Å². The number of aryl methyl sites for hydroxylation is 2. The Balaban J connectivity index is 2.02. The summed E-state index contributed by atoms with van der Waals surface area (Å²) in [5, 5.41) is 0.229. The largest absolute Gasteiger partial charge is 0.298 e. The molecule has 0 N–H and O–H groups in total. The normalized spacial score (nSPS) is 19.6. The molecule has 1 fully saturated rings. The zero-order valence-corrected chi connectivity index (χ0v) is 16.4. The molecule has 2 atom stereocenters. The maximum absolute atomic E-state index is 14.2. The van der Waals surface area contributed by atoms with Crippen molar-refractivity contribution in [3.05, 3.63) is 64.1 Å². The number of allylic oxidation sites excluding steroid dienone is 1. The molecule has 0 radical (unpaired) electrons. The number of nitrogens with zero attached hydrogens (tertiary/aromatic N) is 1. The second-order valence-electron chi connectivity index (χ2n) is 7.37. The van der Waals surface area contributed by atoms with Crippen LogP contribution in [0.3, 0.4) is 0 Å². The Bertz CT molecular complexity index is 944. The molecule has 1 saturated carbocycles.